The summed E-state index contributed by atoms with van der Waals surface area (Å²) in [6.07, 6.45) is 66.6. The van der Waals surface area contributed by atoms with E-state index in [0.717, 1.165) is 116 Å². The van der Waals surface area contributed by atoms with E-state index in [1.165, 1.54) is 0 Å². The number of hydrogen-bond acceptors (Lipinski definition) is 7. The highest BCUT2D eigenvalue weighted by atomic mass is 31.2. The highest BCUT2D eigenvalue weighted by Gasteiger charge is 2.27. The van der Waals surface area contributed by atoms with Crippen molar-refractivity contribution in [3.05, 3.63) is 134 Å². The smallest absolute Gasteiger partial charge is 0.462 e. The van der Waals surface area contributed by atoms with Crippen LogP contribution in [0.1, 0.15) is 155 Å². The number of carbonyl (C=O) groups excluding carboxylic acids is 2. The zero-order valence-electron chi connectivity index (χ0n) is 41.9. The topological polar surface area (TPSA) is 108 Å². The predicted octanol–water partition coefficient (Wildman–Crippen LogP) is 15.0. The van der Waals surface area contributed by atoms with Gasteiger partial charge in [-0.25, -0.2) is 4.57 Å². The predicted molar refractivity (Wildman–Crippen MR) is 279 cm³/mol. The molecule has 0 aliphatic rings. The van der Waals surface area contributed by atoms with Crippen LogP contribution in [0.15, 0.2) is 134 Å². The average molecular weight is 937 g/mol. The first kappa shape index (κ1) is 62.1. The van der Waals surface area contributed by atoms with Gasteiger partial charge in [0.1, 0.15) is 19.8 Å². The number of phosphoric acid groups is 1. The minimum absolute atomic E-state index is 0.0130. The van der Waals surface area contributed by atoms with Gasteiger partial charge in [0, 0.05) is 12.8 Å². The molecule has 0 bridgehead atoms. The fourth-order valence-electron chi connectivity index (χ4n) is 5.87. The molecule has 0 saturated carbocycles. The van der Waals surface area contributed by atoms with Crippen molar-refractivity contribution in [2.24, 2.45) is 0 Å². The van der Waals surface area contributed by atoms with E-state index >= 15 is 0 Å². The van der Waals surface area contributed by atoms with Crippen LogP contribution in [0.5, 0.6) is 0 Å². The van der Waals surface area contributed by atoms with E-state index in [1.54, 1.807) is 0 Å². The standard InChI is InChI=1S/C56H90NO8P/c1-6-8-10-12-14-16-18-20-21-22-23-24-25-26-27-28-29-30-31-32-33-34-35-37-39-41-43-45-47-49-56(59)65-54(53-64-66(60,61)63-51-50-57(3,4)5)52-62-55(58)48-46-44-42-40-38-36-19-17-15-13-11-9-7-2/h8-11,14-17,20-21,23-24,26-27,29-30,32-33,35-38,54H,6-7,12-13,18-19,22,25,28,31,34,39-53H2,1-5H3/p+1/b10-8-,11-9-,16-14-,17-15-,21-20-,24-23-,27-26-,30-29-,33-32-,37-35-,38-36-. The van der Waals surface area contributed by atoms with Crippen LogP contribution >= 0.6 is 7.82 Å². The Bertz CT molecular complexity index is 1570. The van der Waals surface area contributed by atoms with Gasteiger partial charge in [0.15, 0.2) is 6.10 Å². The molecule has 0 rings (SSSR count). The third-order valence-corrected chi connectivity index (χ3v) is 10.7. The molecule has 0 radical (unpaired) electrons. The molecule has 0 aromatic carbocycles. The Balaban J connectivity index is 4.35. The van der Waals surface area contributed by atoms with Crippen LogP contribution in [0.3, 0.4) is 0 Å². The Morgan fingerprint density at radius 3 is 1.21 bits per heavy atom. The summed E-state index contributed by atoms with van der Waals surface area (Å²) in [5.41, 5.74) is 0. The third-order valence-electron chi connectivity index (χ3n) is 9.68. The normalized spacial score (nSPS) is 14.6. The number of ether oxygens (including phenoxy) is 2. The lowest BCUT2D eigenvalue weighted by Crippen LogP contribution is -2.37. The fraction of sp³-hybridized carbons (Fsp3) is 0.571. The Morgan fingerprint density at radius 2 is 0.818 bits per heavy atom. The van der Waals surface area contributed by atoms with Crippen LogP contribution in [-0.2, 0) is 32.7 Å². The molecule has 372 valence electrons. The Labute approximate surface area is 402 Å². The summed E-state index contributed by atoms with van der Waals surface area (Å²) in [4.78, 5) is 35.5. The number of likely N-dealkylation sites (N-methyl/N-ethyl adjacent to an activating group) is 1. The Morgan fingerprint density at radius 1 is 0.470 bits per heavy atom. The second-order valence-corrected chi connectivity index (χ2v) is 18.5. The molecule has 2 atom stereocenters. The van der Waals surface area contributed by atoms with E-state index < -0.39 is 32.5 Å². The summed E-state index contributed by atoms with van der Waals surface area (Å²) in [5, 5.41) is 0. The SMILES string of the molecule is CC/C=C\C/C=C\C/C=C\C/C=C\C/C=C\C/C=C\C/C=C\C/C=C\CCCCCCC(=O)OC(COC(=O)CCCCC/C=C\C/C=C\C/C=C\CC)COP(=O)(O)OCC[N+](C)(C)C. The first-order chi connectivity index (χ1) is 32.0. The second kappa shape index (κ2) is 46.3. The number of carbonyl (C=O) groups is 2. The van der Waals surface area contributed by atoms with Crippen LogP contribution in [0.4, 0.5) is 0 Å². The van der Waals surface area contributed by atoms with Gasteiger partial charge in [-0.05, 0) is 109 Å². The van der Waals surface area contributed by atoms with Gasteiger partial charge < -0.3 is 18.9 Å². The summed E-state index contributed by atoms with van der Waals surface area (Å²) in [7, 11) is 1.41. The molecule has 9 nitrogen and oxygen atoms in total. The van der Waals surface area contributed by atoms with Gasteiger partial charge in [-0.2, -0.15) is 0 Å². The van der Waals surface area contributed by atoms with Crippen molar-refractivity contribution in [2.75, 3.05) is 47.5 Å². The molecule has 0 saturated heterocycles. The van der Waals surface area contributed by atoms with E-state index in [4.69, 9.17) is 18.5 Å². The molecule has 0 fully saturated rings. The Hall–Kier alpha value is -3.85. The molecular weight excluding hydrogens is 846 g/mol. The summed E-state index contributed by atoms with van der Waals surface area (Å²) in [6, 6.07) is 0. The van der Waals surface area contributed by atoms with Crippen LogP contribution in [0, 0.1) is 0 Å². The lowest BCUT2D eigenvalue weighted by molar-refractivity contribution is -0.870. The molecule has 2 unspecified atom stereocenters. The van der Waals surface area contributed by atoms with Gasteiger partial charge in [0.25, 0.3) is 0 Å². The first-order valence-corrected chi connectivity index (χ1v) is 26.4. The molecule has 10 heteroatoms. The summed E-state index contributed by atoms with van der Waals surface area (Å²) in [5.74, 6) is -0.878. The van der Waals surface area contributed by atoms with E-state index in [1.807, 2.05) is 21.1 Å². The number of esters is 2. The molecule has 1 N–H and O–H groups in total. The van der Waals surface area contributed by atoms with Crippen molar-refractivity contribution in [1.82, 2.24) is 0 Å². The highest BCUT2D eigenvalue weighted by Crippen LogP contribution is 2.43. The highest BCUT2D eigenvalue weighted by molar-refractivity contribution is 7.47. The zero-order chi connectivity index (χ0) is 48.5. The molecule has 0 aromatic rings. The quantitative estimate of drug-likeness (QED) is 0.0212. The van der Waals surface area contributed by atoms with Gasteiger partial charge in [-0.1, -0.05) is 167 Å². The van der Waals surface area contributed by atoms with Gasteiger partial charge in [0.05, 0.1) is 27.7 Å². The summed E-state index contributed by atoms with van der Waals surface area (Å²) < 4.78 is 34.3. The number of unbranched alkanes of at least 4 members (excludes halogenated alkanes) is 7. The fourth-order valence-corrected chi connectivity index (χ4v) is 6.61. The van der Waals surface area contributed by atoms with Crippen LogP contribution in [-0.4, -0.2) is 74.9 Å². The number of allylic oxidation sites excluding steroid dienone is 22. The van der Waals surface area contributed by atoms with E-state index in [9.17, 15) is 19.0 Å². The second-order valence-electron chi connectivity index (χ2n) is 17.1. The number of hydrogen-bond donors (Lipinski definition) is 1. The molecule has 0 aromatic heterocycles. The van der Waals surface area contributed by atoms with Gasteiger partial charge in [-0.3, -0.25) is 18.6 Å². The minimum Gasteiger partial charge on any atom is -0.462 e. The zero-order valence-corrected chi connectivity index (χ0v) is 42.8. The van der Waals surface area contributed by atoms with Crippen LogP contribution < -0.4 is 0 Å². The van der Waals surface area contributed by atoms with Crippen molar-refractivity contribution in [3.63, 3.8) is 0 Å². The molecular formula is C56H91NO8P+. The molecule has 0 spiro atoms. The lowest BCUT2D eigenvalue weighted by atomic mass is 10.1. The van der Waals surface area contributed by atoms with Crippen molar-refractivity contribution < 1.29 is 42.1 Å². The van der Waals surface area contributed by atoms with Crippen molar-refractivity contribution in [3.8, 4) is 0 Å². The van der Waals surface area contributed by atoms with Crippen LogP contribution in [0.2, 0.25) is 0 Å². The minimum atomic E-state index is -4.40. The van der Waals surface area contributed by atoms with Gasteiger partial charge in [-0.15, -0.1) is 0 Å². The molecule has 0 amide bonds. The third kappa shape index (κ3) is 49.6. The van der Waals surface area contributed by atoms with E-state index in [-0.39, 0.29) is 26.1 Å². The summed E-state index contributed by atoms with van der Waals surface area (Å²) >= 11 is 0. The van der Waals surface area contributed by atoms with E-state index in [0.29, 0.717) is 23.9 Å². The molecule has 0 heterocycles. The number of phosphoric ester groups is 1. The summed E-state index contributed by atoms with van der Waals surface area (Å²) in [6.45, 7) is 4.09. The maximum Gasteiger partial charge on any atom is 0.472 e. The van der Waals surface area contributed by atoms with E-state index in [2.05, 4.69) is 148 Å². The monoisotopic (exact) mass is 937 g/mol. The lowest BCUT2D eigenvalue weighted by Gasteiger charge is -2.24. The Kier molecular flexibility index (Phi) is 43.6. The molecule has 0 aliphatic carbocycles. The van der Waals surface area contributed by atoms with Crippen molar-refractivity contribution in [1.29, 1.82) is 0 Å². The van der Waals surface area contributed by atoms with Crippen LogP contribution in [0.25, 0.3) is 0 Å². The molecule has 66 heavy (non-hydrogen) atoms. The number of nitrogens with zero attached hydrogens (tertiary/aromatic N) is 1. The first-order valence-electron chi connectivity index (χ1n) is 24.9. The maximum absolute atomic E-state index is 12.7. The van der Waals surface area contributed by atoms with Crippen molar-refractivity contribution in [2.45, 2.75) is 161 Å². The number of rotatable bonds is 43. The number of quaternary nitrogens is 1. The molecule has 0 aliphatic heterocycles. The van der Waals surface area contributed by atoms with Gasteiger partial charge in [0.2, 0.25) is 0 Å². The average Bonchev–Trinajstić information content (AvgIpc) is 3.27. The van der Waals surface area contributed by atoms with Gasteiger partial charge >= 0.3 is 19.8 Å². The maximum atomic E-state index is 12.7. The van der Waals surface area contributed by atoms with Crippen molar-refractivity contribution >= 4 is 19.8 Å². The largest absolute Gasteiger partial charge is 0.472 e.